The number of methoxy groups -OCH3 is 1. The lowest BCUT2D eigenvalue weighted by atomic mass is 9.59. The molecule has 0 spiro atoms. The number of fused-ring (bicyclic) bond motifs is 3. The van der Waals surface area contributed by atoms with Crippen LogP contribution in [0.4, 0.5) is 5.69 Å². The number of halogens is 1. The highest BCUT2D eigenvalue weighted by atomic mass is 79.9. The first-order valence-corrected chi connectivity index (χ1v) is 13.4. The first kappa shape index (κ1) is 25.2. The molecule has 0 saturated carbocycles. The van der Waals surface area contributed by atoms with E-state index in [4.69, 9.17) is 4.74 Å². The van der Waals surface area contributed by atoms with Crippen molar-refractivity contribution in [1.82, 2.24) is 0 Å². The average Bonchev–Trinajstić information content (AvgIpc) is 3.20. The average molecular weight is 586 g/mol. The zero-order valence-corrected chi connectivity index (χ0v) is 22.6. The zero-order valence-electron chi connectivity index (χ0n) is 21.0. The monoisotopic (exact) mass is 585 g/mol. The van der Waals surface area contributed by atoms with Crippen LogP contribution in [0, 0.1) is 17.8 Å². The number of aromatic hydroxyl groups is 1. The van der Waals surface area contributed by atoms with E-state index in [0.717, 1.165) is 11.1 Å². The molecule has 1 N–H and O–H groups in total. The number of imide groups is 1. The highest BCUT2D eigenvalue weighted by molar-refractivity contribution is 9.12. The molecule has 0 radical (unpaired) electrons. The predicted octanol–water partition coefficient (Wildman–Crippen LogP) is 5.01. The minimum absolute atomic E-state index is 0.0520. The Hall–Kier alpha value is -4.04. The van der Waals surface area contributed by atoms with Gasteiger partial charge in [-0.15, -0.1) is 0 Å². The van der Waals surface area contributed by atoms with Gasteiger partial charge in [0.05, 0.1) is 29.1 Å². The molecule has 2 aromatic carbocycles. The number of ether oxygens (including phenoxy) is 1. The molecule has 7 nitrogen and oxygen atoms in total. The summed E-state index contributed by atoms with van der Waals surface area (Å²) in [6, 6.07) is 11.9. The normalized spacial score (nSPS) is 26.1. The number of hydrogen-bond donors (Lipinski definition) is 1. The van der Waals surface area contributed by atoms with E-state index in [-0.39, 0.29) is 45.8 Å². The number of phenols is 1. The van der Waals surface area contributed by atoms with Crippen LogP contribution in [0.15, 0.2) is 82.4 Å². The molecule has 196 valence electrons. The van der Waals surface area contributed by atoms with Gasteiger partial charge < -0.3 is 9.84 Å². The van der Waals surface area contributed by atoms with Gasteiger partial charge in [-0.3, -0.25) is 24.1 Å². The molecule has 2 amide bonds. The fourth-order valence-corrected chi connectivity index (χ4v) is 6.92. The number of rotatable bonds is 4. The van der Waals surface area contributed by atoms with Gasteiger partial charge in [-0.1, -0.05) is 42.5 Å². The Bertz CT molecular complexity index is 1580. The summed E-state index contributed by atoms with van der Waals surface area (Å²) in [7, 11) is 1.44. The van der Waals surface area contributed by atoms with Crippen LogP contribution in [-0.2, 0) is 19.2 Å². The molecule has 4 atom stereocenters. The summed E-state index contributed by atoms with van der Waals surface area (Å²) in [4.78, 5) is 55.4. The second-order valence-corrected chi connectivity index (χ2v) is 11.0. The second kappa shape index (κ2) is 9.31. The number of phenolic OH excluding ortho intramolecular Hbond substituents is 1. The Balaban J connectivity index is 1.48. The maximum atomic E-state index is 13.9. The van der Waals surface area contributed by atoms with Gasteiger partial charge in [-0.05, 0) is 70.1 Å². The largest absolute Gasteiger partial charge is 0.504 e. The number of anilines is 1. The molecule has 0 unspecified atom stereocenters. The van der Waals surface area contributed by atoms with Crippen molar-refractivity contribution >= 4 is 51.1 Å². The van der Waals surface area contributed by atoms with E-state index in [1.54, 1.807) is 42.5 Å². The number of carbonyl (C=O) groups excluding carboxylic acids is 4. The Kier molecular flexibility index (Phi) is 6.03. The SMILES string of the molecule is C=Cc1ccc(N2C(=O)[C@H]3[C@H](CC=C4[C@H](c5ccc(O)c(OC)c5)C5=C(C[C@H]43)C(=O)C(Br)=CC5=O)C2=O)cc1. The summed E-state index contributed by atoms with van der Waals surface area (Å²) in [5.41, 5.74) is 3.58. The number of ketones is 2. The highest BCUT2D eigenvalue weighted by Crippen LogP contribution is 2.56. The second-order valence-electron chi connectivity index (χ2n) is 10.1. The Morgan fingerprint density at radius 1 is 1.05 bits per heavy atom. The van der Waals surface area contributed by atoms with Crippen molar-refractivity contribution in [2.24, 2.45) is 17.8 Å². The lowest BCUT2D eigenvalue weighted by molar-refractivity contribution is -0.123. The molecule has 6 rings (SSSR count). The van der Waals surface area contributed by atoms with Crippen molar-refractivity contribution in [3.8, 4) is 11.5 Å². The lowest BCUT2D eigenvalue weighted by Crippen LogP contribution is -2.39. The third kappa shape index (κ3) is 3.77. The van der Waals surface area contributed by atoms with E-state index in [1.807, 2.05) is 6.08 Å². The van der Waals surface area contributed by atoms with Crippen LogP contribution in [-0.4, -0.2) is 35.6 Å². The topological polar surface area (TPSA) is 101 Å². The summed E-state index contributed by atoms with van der Waals surface area (Å²) in [5.74, 6) is -3.26. The number of hydrogen-bond acceptors (Lipinski definition) is 6. The maximum Gasteiger partial charge on any atom is 0.238 e. The Labute approximate surface area is 233 Å². The quantitative estimate of drug-likeness (QED) is 0.307. The van der Waals surface area contributed by atoms with Crippen molar-refractivity contribution in [2.75, 3.05) is 12.0 Å². The Morgan fingerprint density at radius 3 is 2.49 bits per heavy atom. The predicted molar refractivity (Wildman–Crippen MR) is 148 cm³/mol. The van der Waals surface area contributed by atoms with E-state index in [9.17, 15) is 24.3 Å². The molecule has 0 bridgehead atoms. The van der Waals surface area contributed by atoms with E-state index in [2.05, 4.69) is 22.5 Å². The number of allylic oxidation sites excluding steroid dienone is 6. The van der Waals surface area contributed by atoms with E-state index >= 15 is 0 Å². The van der Waals surface area contributed by atoms with Crippen LogP contribution in [0.2, 0.25) is 0 Å². The van der Waals surface area contributed by atoms with Crippen LogP contribution < -0.4 is 9.64 Å². The van der Waals surface area contributed by atoms with Gasteiger partial charge in [0.2, 0.25) is 11.8 Å². The van der Waals surface area contributed by atoms with Gasteiger partial charge in [0, 0.05) is 23.1 Å². The molecule has 1 aliphatic heterocycles. The first-order chi connectivity index (χ1) is 18.7. The number of carbonyl (C=O) groups is 4. The summed E-state index contributed by atoms with van der Waals surface area (Å²) < 4.78 is 5.50. The number of nitrogens with zero attached hydrogens (tertiary/aromatic N) is 1. The molecule has 1 heterocycles. The summed E-state index contributed by atoms with van der Waals surface area (Å²) >= 11 is 3.23. The molecular formula is C31H24BrNO6. The molecular weight excluding hydrogens is 562 g/mol. The zero-order chi connectivity index (χ0) is 27.6. The fourth-order valence-electron chi connectivity index (χ4n) is 6.47. The maximum absolute atomic E-state index is 13.9. The minimum Gasteiger partial charge on any atom is -0.504 e. The summed E-state index contributed by atoms with van der Waals surface area (Å²) in [6.45, 7) is 3.75. The van der Waals surface area contributed by atoms with E-state index in [0.29, 0.717) is 28.8 Å². The van der Waals surface area contributed by atoms with Crippen LogP contribution >= 0.6 is 15.9 Å². The third-order valence-electron chi connectivity index (χ3n) is 8.26. The van der Waals surface area contributed by atoms with Crippen LogP contribution in [0.1, 0.15) is 29.9 Å². The number of benzene rings is 2. The van der Waals surface area contributed by atoms with Gasteiger partial charge in [0.1, 0.15) is 0 Å². The van der Waals surface area contributed by atoms with Crippen LogP contribution in [0.5, 0.6) is 11.5 Å². The van der Waals surface area contributed by atoms with Crippen molar-refractivity contribution < 1.29 is 29.0 Å². The van der Waals surface area contributed by atoms with Crippen molar-refractivity contribution in [1.29, 1.82) is 0 Å². The highest BCUT2D eigenvalue weighted by Gasteiger charge is 2.56. The number of amides is 2. The molecule has 1 fully saturated rings. The van der Waals surface area contributed by atoms with Gasteiger partial charge in [-0.2, -0.15) is 0 Å². The van der Waals surface area contributed by atoms with Crippen molar-refractivity contribution in [3.63, 3.8) is 0 Å². The Morgan fingerprint density at radius 2 is 1.79 bits per heavy atom. The molecule has 8 heteroatoms. The fraction of sp³-hybridized carbons (Fsp3) is 0.226. The molecule has 39 heavy (non-hydrogen) atoms. The minimum atomic E-state index is -0.667. The lowest BCUT2D eigenvalue weighted by Gasteiger charge is -2.42. The molecule has 0 aromatic heterocycles. The van der Waals surface area contributed by atoms with Gasteiger partial charge in [0.25, 0.3) is 0 Å². The molecule has 4 aliphatic rings. The first-order valence-electron chi connectivity index (χ1n) is 12.6. The summed E-state index contributed by atoms with van der Waals surface area (Å²) in [6.07, 6.45) is 5.47. The molecule has 2 aromatic rings. The van der Waals surface area contributed by atoms with Crippen molar-refractivity contribution in [3.05, 3.63) is 93.5 Å². The molecule has 1 saturated heterocycles. The third-order valence-corrected chi connectivity index (χ3v) is 8.84. The van der Waals surface area contributed by atoms with Crippen LogP contribution in [0.3, 0.4) is 0 Å². The van der Waals surface area contributed by atoms with Gasteiger partial charge >= 0.3 is 0 Å². The smallest absolute Gasteiger partial charge is 0.238 e. The summed E-state index contributed by atoms with van der Waals surface area (Å²) in [5, 5.41) is 10.2. The van der Waals surface area contributed by atoms with Gasteiger partial charge in [0.15, 0.2) is 23.1 Å². The van der Waals surface area contributed by atoms with Crippen molar-refractivity contribution in [2.45, 2.75) is 18.8 Å². The van der Waals surface area contributed by atoms with E-state index in [1.165, 1.54) is 24.2 Å². The number of Topliss-reactive ketones (excluding diaryl/α,β-unsaturated/α-hetero) is 1. The molecule has 3 aliphatic carbocycles. The van der Waals surface area contributed by atoms with E-state index < -0.39 is 23.7 Å². The van der Waals surface area contributed by atoms with Gasteiger partial charge in [-0.25, -0.2) is 0 Å². The van der Waals surface area contributed by atoms with Crippen LogP contribution in [0.25, 0.3) is 6.08 Å². The standard InChI is InChI=1S/C31H24BrNO6/c1-3-15-4-7-17(8-5-15)33-30(37)19-10-9-18-20(27(19)31(33)38)13-21-28(24(35)14-22(32)29(21)36)26(18)16-6-11-23(34)25(12-16)39-2/h3-9,11-12,14,19-20,26-27,34H,1,10,13H2,2H3/t19-,20+,26-,27-/m0/s1.